The first-order valence-electron chi connectivity index (χ1n) is 5.69. The third kappa shape index (κ3) is 2.41. The fourth-order valence-corrected chi connectivity index (χ4v) is 4.67. The summed E-state index contributed by atoms with van der Waals surface area (Å²) < 4.78 is 6.30. The summed E-state index contributed by atoms with van der Waals surface area (Å²) in [5, 5.41) is 10.3. The minimum atomic E-state index is 0.448. The molecule has 1 N–H and O–H groups in total. The van der Waals surface area contributed by atoms with Crippen LogP contribution in [0, 0.1) is 0 Å². The van der Waals surface area contributed by atoms with Crippen molar-refractivity contribution in [1.29, 1.82) is 0 Å². The highest BCUT2D eigenvalue weighted by atomic mass is 32.2. The molecule has 0 spiro atoms. The summed E-state index contributed by atoms with van der Waals surface area (Å²) in [5.74, 6) is 0. The number of hydrogen-bond acceptors (Lipinski definition) is 5. The van der Waals surface area contributed by atoms with Gasteiger partial charge in [-0.3, -0.25) is 0 Å². The number of rotatable bonds is 3. The van der Waals surface area contributed by atoms with Gasteiger partial charge in [0.1, 0.15) is 6.26 Å². The highest BCUT2D eigenvalue weighted by Crippen LogP contribution is 2.43. The second-order valence-electron chi connectivity index (χ2n) is 4.25. The molecular formula is C12H14N2OS2. The minimum Gasteiger partial charge on any atom is -0.364 e. The zero-order valence-electron chi connectivity index (χ0n) is 9.55. The third-order valence-corrected chi connectivity index (χ3v) is 5.27. The quantitative estimate of drug-likeness (QED) is 0.923. The molecule has 1 aliphatic heterocycles. The molecule has 2 aromatic heterocycles. The van der Waals surface area contributed by atoms with Gasteiger partial charge >= 0.3 is 0 Å². The Hall–Kier alpha value is -0.780. The van der Waals surface area contributed by atoms with E-state index in [1.807, 2.05) is 29.2 Å². The first kappa shape index (κ1) is 11.3. The van der Waals surface area contributed by atoms with Crippen LogP contribution in [0.1, 0.15) is 30.6 Å². The fourth-order valence-electron chi connectivity index (χ4n) is 2.10. The molecule has 2 aromatic rings. The Morgan fingerprint density at radius 1 is 1.53 bits per heavy atom. The summed E-state index contributed by atoms with van der Waals surface area (Å²) in [6, 6.07) is 4.59. The van der Waals surface area contributed by atoms with E-state index in [1.54, 1.807) is 6.26 Å². The molecule has 1 aliphatic rings. The number of aromatic nitrogens is 1. The van der Waals surface area contributed by atoms with Gasteiger partial charge in [-0.15, -0.1) is 23.1 Å². The lowest BCUT2D eigenvalue weighted by molar-refractivity contribution is 0.402. The molecule has 0 aromatic carbocycles. The van der Waals surface area contributed by atoms with E-state index >= 15 is 0 Å². The average Bonchev–Trinajstić information content (AvgIpc) is 2.95. The van der Waals surface area contributed by atoms with Gasteiger partial charge in [0, 0.05) is 23.9 Å². The van der Waals surface area contributed by atoms with Crippen molar-refractivity contribution in [2.24, 2.45) is 0 Å². The van der Waals surface area contributed by atoms with Gasteiger partial charge in [0.05, 0.1) is 9.90 Å². The van der Waals surface area contributed by atoms with Crippen LogP contribution in [0.15, 0.2) is 32.5 Å². The second kappa shape index (κ2) is 4.84. The highest BCUT2D eigenvalue weighted by molar-refractivity contribution is 8.01. The lowest BCUT2D eigenvalue weighted by Crippen LogP contribution is -2.26. The molecule has 3 rings (SSSR count). The molecule has 3 nitrogen and oxygen atoms in total. The van der Waals surface area contributed by atoms with Gasteiger partial charge in [0.2, 0.25) is 0 Å². The number of thioether (sulfide) groups is 1. The van der Waals surface area contributed by atoms with Crippen molar-refractivity contribution in [2.45, 2.75) is 35.4 Å². The molecule has 0 saturated heterocycles. The molecule has 0 fully saturated rings. The molecule has 3 heterocycles. The number of hydrogen-bond donors (Lipinski definition) is 1. The van der Waals surface area contributed by atoms with E-state index in [-0.39, 0.29) is 0 Å². The number of nitrogens with one attached hydrogen (secondary N) is 1. The van der Waals surface area contributed by atoms with Crippen molar-refractivity contribution in [1.82, 2.24) is 10.5 Å². The van der Waals surface area contributed by atoms with Crippen LogP contribution < -0.4 is 5.32 Å². The Kier molecular flexibility index (Phi) is 3.22. The first-order valence-corrected chi connectivity index (χ1v) is 7.45. The lowest BCUT2D eigenvalue weighted by Gasteiger charge is -2.27. The van der Waals surface area contributed by atoms with E-state index in [9.17, 15) is 0 Å². The molecule has 90 valence electrons. The van der Waals surface area contributed by atoms with E-state index in [0.717, 1.165) is 12.2 Å². The van der Waals surface area contributed by atoms with Crippen LogP contribution in [0.4, 0.5) is 0 Å². The Labute approximate surface area is 109 Å². The van der Waals surface area contributed by atoms with Crippen LogP contribution in [0.3, 0.4) is 0 Å². The lowest BCUT2D eigenvalue weighted by atomic mass is 10.0. The maximum Gasteiger partial charge on any atom is 0.124 e. The maximum atomic E-state index is 4.84. The van der Waals surface area contributed by atoms with Gasteiger partial charge in [-0.2, -0.15) is 0 Å². The number of thiophene rings is 1. The number of nitrogens with zero attached hydrogens (tertiary/aromatic N) is 1. The standard InChI is InChI=1S/C12H14N2OS2/c1-8-6-11(10-3-5-16-12(10)17-8)13-7-9-2-4-15-14-9/h2-5,8,11,13H,6-7H2,1H3/t8-,11?/m0/s1. The van der Waals surface area contributed by atoms with E-state index in [4.69, 9.17) is 4.52 Å². The second-order valence-corrected chi connectivity index (χ2v) is 6.88. The van der Waals surface area contributed by atoms with E-state index < -0.39 is 0 Å². The molecule has 0 radical (unpaired) electrons. The smallest absolute Gasteiger partial charge is 0.124 e. The van der Waals surface area contributed by atoms with Gasteiger partial charge < -0.3 is 9.84 Å². The summed E-state index contributed by atoms with van der Waals surface area (Å²) in [6.07, 6.45) is 2.79. The van der Waals surface area contributed by atoms with Gasteiger partial charge in [-0.25, -0.2) is 0 Å². The zero-order chi connectivity index (χ0) is 11.7. The summed E-state index contributed by atoms with van der Waals surface area (Å²) in [6.45, 7) is 3.06. The van der Waals surface area contributed by atoms with Crippen molar-refractivity contribution in [3.8, 4) is 0 Å². The average molecular weight is 266 g/mol. The van der Waals surface area contributed by atoms with Gasteiger partial charge in [0.15, 0.2) is 0 Å². The topological polar surface area (TPSA) is 38.1 Å². The van der Waals surface area contributed by atoms with Gasteiger partial charge in [-0.05, 0) is 23.4 Å². The molecule has 0 aliphatic carbocycles. The van der Waals surface area contributed by atoms with E-state index in [2.05, 4.69) is 28.8 Å². The van der Waals surface area contributed by atoms with Crippen LogP contribution in [0.25, 0.3) is 0 Å². The van der Waals surface area contributed by atoms with E-state index in [0.29, 0.717) is 11.3 Å². The highest BCUT2D eigenvalue weighted by Gasteiger charge is 2.25. The van der Waals surface area contributed by atoms with Crippen LogP contribution in [0.2, 0.25) is 0 Å². The predicted octanol–water partition coefficient (Wildman–Crippen LogP) is 3.45. The Bertz CT molecular complexity index is 480. The van der Waals surface area contributed by atoms with Crippen molar-refractivity contribution in [3.05, 3.63) is 35.0 Å². The molecule has 1 unspecified atom stereocenters. The van der Waals surface area contributed by atoms with Gasteiger partial charge in [-0.1, -0.05) is 12.1 Å². The van der Waals surface area contributed by atoms with Crippen LogP contribution in [-0.4, -0.2) is 10.4 Å². The minimum absolute atomic E-state index is 0.448. The molecular weight excluding hydrogens is 252 g/mol. The molecule has 0 amide bonds. The SMILES string of the molecule is C[C@H]1CC(NCc2ccon2)c2ccsc2S1. The van der Waals surface area contributed by atoms with Crippen LogP contribution in [0.5, 0.6) is 0 Å². The maximum absolute atomic E-state index is 4.84. The predicted molar refractivity (Wildman–Crippen MR) is 70.3 cm³/mol. The molecule has 17 heavy (non-hydrogen) atoms. The van der Waals surface area contributed by atoms with Crippen molar-refractivity contribution >= 4 is 23.1 Å². The summed E-state index contributed by atoms with van der Waals surface area (Å²) in [5.41, 5.74) is 2.41. The van der Waals surface area contributed by atoms with Crippen molar-refractivity contribution < 1.29 is 4.52 Å². The number of fused-ring (bicyclic) bond motifs is 1. The Balaban J connectivity index is 1.71. The summed E-state index contributed by atoms with van der Waals surface area (Å²) in [7, 11) is 0. The fraction of sp³-hybridized carbons (Fsp3) is 0.417. The van der Waals surface area contributed by atoms with Crippen molar-refractivity contribution in [2.75, 3.05) is 0 Å². The summed E-state index contributed by atoms with van der Waals surface area (Å²) in [4.78, 5) is 0. The third-order valence-electron chi connectivity index (χ3n) is 2.93. The van der Waals surface area contributed by atoms with Crippen molar-refractivity contribution in [3.63, 3.8) is 0 Å². The largest absolute Gasteiger partial charge is 0.364 e. The monoisotopic (exact) mass is 266 g/mol. The normalized spacial score (nSPS) is 23.6. The first-order chi connectivity index (χ1) is 8.33. The van der Waals surface area contributed by atoms with Crippen LogP contribution >= 0.6 is 23.1 Å². The zero-order valence-corrected chi connectivity index (χ0v) is 11.2. The molecule has 2 atom stereocenters. The van der Waals surface area contributed by atoms with Crippen LogP contribution in [-0.2, 0) is 6.54 Å². The molecule has 5 heteroatoms. The molecule has 0 bridgehead atoms. The Morgan fingerprint density at radius 2 is 2.47 bits per heavy atom. The Morgan fingerprint density at radius 3 is 3.29 bits per heavy atom. The summed E-state index contributed by atoms with van der Waals surface area (Å²) >= 11 is 3.84. The van der Waals surface area contributed by atoms with E-state index in [1.165, 1.54) is 16.2 Å². The molecule has 0 saturated carbocycles. The van der Waals surface area contributed by atoms with Gasteiger partial charge in [0.25, 0.3) is 0 Å².